The van der Waals surface area contributed by atoms with Crippen molar-refractivity contribution in [1.29, 1.82) is 0 Å². The Morgan fingerprint density at radius 1 is 1.18 bits per heavy atom. The summed E-state index contributed by atoms with van der Waals surface area (Å²) in [4.78, 5) is 0. The molecule has 0 atom stereocenters. The number of halogens is 4. The second-order valence-electron chi connectivity index (χ2n) is 3.10. The van der Waals surface area contributed by atoms with E-state index in [9.17, 15) is 17.3 Å². The Kier molecular flexibility index (Phi) is 7.94. The molecule has 0 fully saturated rings. The molecule has 1 aromatic rings. The molecule has 0 saturated carbocycles. The second-order valence-corrected chi connectivity index (χ2v) is 3.10. The molecule has 0 radical (unpaired) electrons. The van der Waals surface area contributed by atoms with Crippen LogP contribution in [-0.4, -0.2) is 27.3 Å². The quantitative estimate of drug-likeness (QED) is 0.386. The van der Waals surface area contributed by atoms with Crippen LogP contribution in [0, 0.1) is 5.82 Å². The van der Waals surface area contributed by atoms with E-state index in [1.165, 1.54) is 7.11 Å². The smallest absolute Gasteiger partial charge is 0.491 e. The van der Waals surface area contributed by atoms with Crippen molar-refractivity contribution in [3.05, 3.63) is 24.0 Å². The summed E-state index contributed by atoms with van der Waals surface area (Å²) in [5, 5.41) is 0. The average Bonchev–Trinajstić information content (AvgIpc) is 2.16. The van der Waals surface area contributed by atoms with Gasteiger partial charge in [0.2, 0.25) is 0 Å². The summed E-state index contributed by atoms with van der Waals surface area (Å²) in [7, 11) is 1.46. The van der Waals surface area contributed by atoms with E-state index in [0.29, 0.717) is 6.07 Å². The van der Waals surface area contributed by atoms with E-state index in [-0.39, 0.29) is 70.3 Å². The molecule has 0 amide bonds. The molecular formula is C9H10BF4KO2. The van der Waals surface area contributed by atoms with Crippen LogP contribution in [0.1, 0.15) is 0 Å². The molecule has 2 nitrogen and oxygen atoms in total. The van der Waals surface area contributed by atoms with E-state index < -0.39 is 18.3 Å². The first-order valence-electron chi connectivity index (χ1n) is 4.56. The number of hydrogen-bond donors (Lipinski definition) is 0. The van der Waals surface area contributed by atoms with Crippen LogP contribution in [0.4, 0.5) is 17.3 Å². The van der Waals surface area contributed by atoms with Gasteiger partial charge in [-0.05, 0) is 6.07 Å². The van der Waals surface area contributed by atoms with Crippen LogP contribution in [0.15, 0.2) is 18.2 Å². The maximum Gasteiger partial charge on any atom is 1.00 e. The minimum absolute atomic E-state index is 0. The van der Waals surface area contributed by atoms with Gasteiger partial charge < -0.3 is 22.4 Å². The van der Waals surface area contributed by atoms with Crippen LogP contribution in [0.2, 0.25) is 0 Å². The van der Waals surface area contributed by atoms with Gasteiger partial charge in [0.15, 0.2) is 0 Å². The van der Waals surface area contributed by atoms with E-state index in [1.54, 1.807) is 0 Å². The van der Waals surface area contributed by atoms with E-state index in [0.717, 1.165) is 12.1 Å². The van der Waals surface area contributed by atoms with Gasteiger partial charge in [-0.15, -0.1) is 0 Å². The number of benzene rings is 1. The van der Waals surface area contributed by atoms with E-state index in [4.69, 9.17) is 4.74 Å². The maximum absolute atomic E-state index is 13.0. The van der Waals surface area contributed by atoms with Gasteiger partial charge in [-0.1, -0.05) is 11.5 Å². The Morgan fingerprint density at radius 2 is 1.82 bits per heavy atom. The third kappa shape index (κ3) is 5.71. The van der Waals surface area contributed by atoms with Crippen molar-refractivity contribution in [3.8, 4) is 5.75 Å². The van der Waals surface area contributed by atoms with Crippen LogP contribution in [-0.2, 0) is 4.74 Å². The molecule has 0 aliphatic carbocycles. The van der Waals surface area contributed by atoms with Gasteiger partial charge in [0.05, 0.1) is 12.4 Å². The summed E-state index contributed by atoms with van der Waals surface area (Å²) < 4.78 is 59.4. The summed E-state index contributed by atoms with van der Waals surface area (Å²) in [5.41, 5.74) is -1.24. The van der Waals surface area contributed by atoms with Crippen LogP contribution < -0.4 is 61.6 Å². The molecule has 0 aliphatic rings. The van der Waals surface area contributed by atoms with E-state index in [1.807, 2.05) is 0 Å². The molecule has 90 valence electrons. The van der Waals surface area contributed by atoms with Crippen molar-refractivity contribution in [1.82, 2.24) is 0 Å². The van der Waals surface area contributed by atoms with Gasteiger partial charge in [0.1, 0.15) is 12.4 Å². The predicted molar refractivity (Wildman–Crippen MR) is 52.5 cm³/mol. The molecule has 0 N–H and O–H groups in total. The first kappa shape index (κ1) is 17.4. The van der Waals surface area contributed by atoms with Crippen LogP contribution >= 0.6 is 0 Å². The van der Waals surface area contributed by atoms with Crippen LogP contribution in [0.5, 0.6) is 5.75 Å². The number of methoxy groups -OCH3 is 1. The molecule has 17 heavy (non-hydrogen) atoms. The van der Waals surface area contributed by atoms with E-state index in [2.05, 4.69) is 4.74 Å². The SMILES string of the molecule is COCCOc1ccc([B-](F)(F)F)c(F)c1.[K+]. The van der Waals surface area contributed by atoms with Crippen molar-refractivity contribution in [2.24, 2.45) is 0 Å². The van der Waals surface area contributed by atoms with Crippen molar-refractivity contribution in [3.63, 3.8) is 0 Å². The number of ether oxygens (including phenoxy) is 2. The van der Waals surface area contributed by atoms with Gasteiger partial charge in [-0.3, -0.25) is 0 Å². The third-order valence-corrected chi connectivity index (χ3v) is 1.88. The molecule has 0 aliphatic heterocycles. The van der Waals surface area contributed by atoms with Crippen LogP contribution in [0.3, 0.4) is 0 Å². The standard InChI is InChI=1S/C9H10BF4O2.K/c1-15-4-5-16-7-2-3-8(9(11)6-7)10(12,13)14;/h2-3,6H,4-5H2,1H3;/q-1;+1. The molecular weight excluding hydrogens is 266 g/mol. The molecule has 0 heterocycles. The molecule has 0 bridgehead atoms. The normalized spacial score (nSPS) is 10.9. The van der Waals surface area contributed by atoms with Gasteiger partial charge in [0.25, 0.3) is 0 Å². The second kappa shape index (κ2) is 7.75. The average molecular weight is 276 g/mol. The van der Waals surface area contributed by atoms with Crippen molar-refractivity contribution >= 4 is 12.4 Å². The van der Waals surface area contributed by atoms with Gasteiger partial charge >= 0.3 is 58.4 Å². The summed E-state index contributed by atoms with van der Waals surface area (Å²) in [6, 6.07) is 2.49. The first-order chi connectivity index (χ1) is 7.45. The summed E-state index contributed by atoms with van der Waals surface area (Å²) >= 11 is 0. The minimum Gasteiger partial charge on any atom is -0.491 e. The fraction of sp³-hybridized carbons (Fsp3) is 0.333. The van der Waals surface area contributed by atoms with Crippen LogP contribution in [0.25, 0.3) is 0 Å². The number of hydrogen-bond acceptors (Lipinski definition) is 2. The number of rotatable bonds is 5. The molecule has 0 spiro atoms. The van der Waals surface area contributed by atoms with Gasteiger partial charge in [-0.2, -0.15) is 0 Å². The topological polar surface area (TPSA) is 18.5 Å². The Bertz CT molecular complexity index is 359. The fourth-order valence-corrected chi connectivity index (χ4v) is 1.11. The first-order valence-corrected chi connectivity index (χ1v) is 4.56. The molecule has 1 aromatic carbocycles. The Morgan fingerprint density at radius 3 is 2.29 bits per heavy atom. The van der Waals surface area contributed by atoms with Gasteiger partial charge in [0, 0.05) is 13.2 Å². The zero-order chi connectivity index (χ0) is 12.2. The van der Waals surface area contributed by atoms with E-state index >= 15 is 0 Å². The molecule has 0 saturated heterocycles. The molecule has 0 aromatic heterocycles. The van der Waals surface area contributed by atoms with Crippen molar-refractivity contribution in [2.45, 2.75) is 0 Å². The molecule has 0 unspecified atom stereocenters. The summed E-state index contributed by atoms with van der Waals surface area (Å²) in [6.45, 7) is -4.88. The molecule has 8 heteroatoms. The zero-order valence-corrected chi connectivity index (χ0v) is 12.7. The van der Waals surface area contributed by atoms with Crippen molar-refractivity contribution < 1.29 is 78.2 Å². The zero-order valence-electron chi connectivity index (χ0n) is 9.55. The Balaban J connectivity index is 0.00000256. The largest absolute Gasteiger partial charge is 1.00 e. The summed E-state index contributed by atoms with van der Waals surface area (Å²) in [6.07, 6.45) is 0. The molecule has 1 rings (SSSR count). The predicted octanol–water partition coefficient (Wildman–Crippen LogP) is -1.09. The Labute approximate surface area is 139 Å². The minimum atomic E-state index is -5.32. The van der Waals surface area contributed by atoms with Gasteiger partial charge in [-0.25, -0.2) is 4.39 Å². The monoisotopic (exact) mass is 276 g/mol. The third-order valence-electron chi connectivity index (χ3n) is 1.88. The maximum atomic E-state index is 13.0. The summed E-state index contributed by atoms with van der Waals surface area (Å²) in [5.74, 6) is -1.26. The fourth-order valence-electron chi connectivity index (χ4n) is 1.11. The van der Waals surface area contributed by atoms with Crippen molar-refractivity contribution in [2.75, 3.05) is 20.3 Å². The Hall–Kier alpha value is 0.401.